The number of rotatable bonds is 8. The first-order chi connectivity index (χ1) is 10.0. The molecule has 21 heavy (non-hydrogen) atoms. The zero-order chi connectivity index (χ0) is 15.3. The Morgan fingerprint density at radius 1 is 1.38 bits per heavy atom. The second kappa shape index (κ2) is 7.17. The Bertz CT molecular complexity index is 501. The Hall–Kier alpha value is -1.22. The zero-order valence-electron chi connectivity index (χ0n) is 14.0. The minimum atomic E-state index is 0.652. The maximum absolute atomic E-state index is 4.80. The molecule has 1 aliphatic carbocycles. The Labute approximate surface area is 129 Å². The average molecular weight is 287 g/mol. The number of hydrogen-bond donors (Lipinski definition) is 1. The summed E-state index contributed by atoms with van der Waals surface area (Å²) in [5.74, 6) is 0. The predicted molar refractivity (Wildman–Crippen MR) is 90.6 cm³/mol. The number of aliphatic imine (C=N–C) groups is 1. The van der Waals surface area contributed by atoms with Crippen molar-refractivity contribution in [3.63, 3.8) is 0 Å². The van der Waals surface area contributed by atoms with Crippen LogP contribution in [0.1, 0.15) is 57.7 Å². The summed E-state index contributed by atoms with van der Waals surface area (Å²) < 4.78 is 0. The van der Waals surface area contributed by atoms with Crippen molar-refractivity contribution in [3.05, 3.63) is 23.5 Å². The van der Waals surface area contributed by atoms with E-state index in [-0.39, 0.29) is 0 Å². The molecule has 3 heteroatoms. The second-order valence-corrected chi connectivity index (χ2v) is 6.67. The van der Waals surface area contributed by atoms with Crippen LogP contribution in [0.3, 0.4) is 0 Å². The molecule has 1 heterocycles. The highest BCUT2D eigenvalue weighted by Gasteiger charge is 2.35. The van der Waals surface area contributed by atoms with Crippen molar-refractivity contribution in [2.45, 2.75) is 59.8 Å². The van der Waals surface area contributed by atoms with E-state index in [1.807, 2.05) is 13.1 Å². The summed E-state index contributed by atoms with van der Waals surface area (Å²) in [6.45, 7) is 10.9. The van der Waals surface area contributed by atoms with E-state index in [1.165, 1.54) is 30.5 Å². The molecule has 1 N–H and O–H groups in total. The van der Waals surface area contributed by atoms with Gasteiger partial charge in [-0.25, -0.2) is 0 Å². The van der Waals surface area contributed by atoms with Gasteiger partial charge in [0.05, 0.1) is 11.4 Å². The van der Waals surface area contributed by atoms with Crippen LogP contribution in [-0.4, -0.2) is 23.8 Å². The van der Waals surface area contributed by atoms with E-state index >= 15 is 0 Å². The third-order valence-electron chi connectivity index (χ3n) is 4.55. The van der Waals surface area contributed by atoms with E-state index in [0.717, 1.165) is 37.3 Å². The van der Waals surface area contributed by atoms with E-state index in [2.05, 4.69) is 37.1 Å². The molecular formula is C18H29N3. The van der Waals surface area contributed by atoms with Gasteiger partial charge < -0.3 is 5.32 Å². The Morgan fingerprint density at radius 3 is 2.81 bits per heavy atom. The van der Waals surface area contributed by atoms with E-state index < -0.39 is 0 Å². The van der Waals surface area contributed by atoms with Crippen LogP contribution in [0.2, 0.25) is 0 Å². The van der Waals surface area contributed by atoms with E-state index in [4.69, 9.17) is 4.99 Å². The van der Waals surface area contributed by atoms with Gasteiger partial charge in [0.2, 0.25) is 0 Å². The minimum Gasteiger partial charge on any atom is -0.316 e. The normalized spacial score (nSPS) is 17.0. The molecule has 0 aliphatic heterocycles. The van der Waals surface area contributed by atoms with Gasteiger partial charge in [0.15, 0.2) is 0 Å². The molecule has 1 fully saturated rings. The molecule has 0 saturated heterocycles. The highest BCUT2D eigenvalue weighted by atomic mass is 14.9. The van der Waals surface area contributed by atoms with Gasteiger partial charge in [0, 0.05) is 18.5 Å². The number of hydrogen-bond acceptors (Lipinski definition) is 3. The van der Waals surface area contributed by atoms with Crippen molar-refractivity contribution in [1.82, 2.24) is 10.3 Å². The van der Waals surface area contributed by atoms with Crippen LogP contribution in [0.25, 0.3) is 0 Å². The molecule has 0 spiro atoms. The number of aromatic nitrogens is 1. The molecule has 0 aromatic carbocycles. The summed E-state index contributed by atoms with van der Waals surface area (Å²) >= 11 is 0. The summed E-state index contributed by atoms with van der Waals surface area (Å²) in [6.07, 6.45) is 8.03. The lowest BCUT2D eigenvalue weighted by molar-refractivity contribution is 0.490. The van der Waals surface area contributed by atoms with Crippen molar-refractivity contribution in [1.29, 1.82) is 0 Å². The molecule has 0 bridgehead atoms. The molecule has 1 aromatic heterocycles. The smallest absolute Gasteiger partial charge is 0.0873 e. The molecule has 1 aliphatic rings. The Kier molecular flexibility index (Phi) is 5.51. The summed E-state index contributed by atoms with van der Waals surface area (Å²) in [5.41, 5.74) is 5.23. The monoisotopic (exact) mass is 287 g/mol. The molecule has 0 radical (unpaired) electrons. The van der Waals surface area contributed by atoms with Crippen LogP contribution < -0.4 is 5.32 Å². The van der Waals surface area contributed by atoms with Crippen LogP contribution in [0, 0.1) is 12.3 Å². The van der Waals surface area contributed by atoms with Gasteiger partial charge >= 0.3 is 0 Å². The van der Waals surface area contributed by atoms with Crippen molar-refractivity contribution >= 4 is 11.4 Å². The summed E-state index contributed by atoms with van der Waals surface area (Å²) in [4.78, 5) is 9.16. The standard InChI is InChI=1S/C18H29N3/c1-5-16-7-12-20-15(3)17(16)21-14(2)6-11-19-13-10-18(4)8-9-18/h7,12,19H,5-6,8-11,13H2,1-4H3/b21-14+. The third-order valence-corrected chi connectivity index (χ3v) is 4.55. The fourth-order valence-corrected chi connectivity index (χ4v) is 2.54. The van der Waals surface area contributed by atoms with Crippen LogP contribution in [0.15, 0.2) is 17.3 Å². The number of nitrogens with zero attached hydrogens (tertiary/aromatic N) is 2. The topological polar surface area (TPSA) is 37.3 Å². The van der Waals surface area contributed by atoms with Crippen molar-refractivity contribution in [2.24, 2.45) is 10.4 Å². The lowest BCUT2D eigenvalue weighted by Crippen LogP contribution is -2.20. The fraction of sp³-hybridized carbons (Fsp3) is 0.667. The summed E-state index contributed by atoms with van der Waals surface area (Å²) in [7, 11) is 0. The van der Waals surface area contributed by atoms with Gasteiger partial charge in [-0.15, -0.1) is 0 Å². The molecule has 0 amide bonds. The van der Waals surface area contributed by atoms with E-state index in [0.29, 0.717) is 5.41 Å². The summed E-state index contributed by atoms with van der Waals surface area (Å²) in [5, 5.41) is 3.55. The molecule has 2 rings (SSSR count). The van der Waals surface area contributed by atoms with Gasteiger partial charge in [0.25, 0.3) is 0 Å². The van der Waals surface area contributed by atoms with Gasteiger partial charge in [-0.05, 0) is 69.5 Å². The van der Waals surface area contributed by atoms with Gasteiger partial charge in [-0.3, -0.25) is 9.98 Å². The first-order valence-corrected chi connectivity index (χ1v) is 8.23. The third kappa shape index (κ3) is 4.92. The number of nitrogens with one attached hydrogen (secondary N) is 1. The second-order valence-electron chi connectivity index (χ2n) is 6.67. The molecular weight excluding hydrogens is 258 g/mol. The number of aryl methyl sites for hydroxylation is 2. The lowest BCUT2D eigenvalue weighted by Gasteiger charge is -2.10. The van der Waals surface area contributed by atoms with Crippen LogP contribution in [-0.2, 0) is 6.42 Å². The highest BCUT2D eigenvalue weighted by Crippen LogP contribution is 2.47. The molecule has 3 nitrogen and oxygen atoms in total. The van der Waals surface area contributed by atoms with Gasteiger partial charge in [-0.2, -0.15) is 0 Å². The van der Waals surface area contributed by atoms with Gasteiger partial charge in [0.1, 0.15) is 0 Å². The van der Waals surface area contributed by atoms with E-state index in [9.17, 15) is 0 Å². The molecule has 1 saturated carbocycles. The SMILES string of the molecule is CCc1ccnc(C)c1/N=C(\C)CCNCCC1(C)CC1. The average Bonchev–Trinajstić information content (AvgIpc) is 3.18. The predicted octanol–water partition coefficient (Wildman–Crippen LogP) is 4.21. The Balaban J connectivity index is 1.80. The quantitative estimate of drug-likeness (QED) is 0.574. The van der Waals surface area contributed by atoms with E-state index in [1.54, 1.807) is 0 Å². The van der Waals surface area contributed by atoms with Crippen LogP contribution in [0.4, 0.5) is 5.69 Å². The van der Waals surface area contributed by atoms with Crippen molar-refractivity contribution in [2.75, 3.05) is 13.1 Å². The van der Waals surface area contributed by atoms with Crippen LogP contribution >= 0.6 is 0 Å². The van der Waals surface area contributed by atoms with Gasteiger partial charge in [-0.1, -0.05) is 13.8 Å². The molecule has 0 atom stereocenters. The first-order valence-electron chi connectivity index (χ1n) is 8.23. The first kappa shape index (κ1) is 16.2. The summed E-state index contributed by atoms with van der Waals surface area (Å²) in [6, 6.07) is 2.08. The maximum atomic E-state index is 4.80. The molecule has 1 aromatic rings. The lowest BCUT2D eigenvalue weighted by atomic mass is 10.1. The molecule has 116 valence electrons. The highest BCUT2D eigenvalue weighted by molar-refractivity contribution is 5.85. The van der Waals surface area contributed by atoms with Crippen LogP contribution in [0.5, 0.6) is 0 Å². The number of pyridine rings is 1. The van der Waals surface area contributed by atoms with Crippen molar-refractivity contribution in [3.8, 4) is 0 Å². The minimum absolute atomic E-state index is 0.652. The molecule has 0 unspecified atom stereocenters. The van der Waals surface area contributed by atoms with Crippen molar-refractivity contribution < 1.29 is 0 Å². The fourth-order valence-electron chi connectivity index (χ4n) is 2.54. The largest absolute Gasteiger partial charge is 0.316 e. The zero-order valence-corrected chi connectivity index (χ0v) is 14.0. The maximum Gasteiger partial charge on any atom is 0.0873 e. The Morgan fingerprint density at radius 2 is 2.14 bits per heavy atom.